The Morgan fingerprint density at radius 2 is 1.86 bits per heavy atom. The summed E-state index contributed by atoms with van der Waals surface area (Å²) in [5.74, 6) is -3.32. The fraction of sp³-hybridized carbons (Fsp3) is 0.250. The van der Waals surface area contributed by atoms with E-state index in [-0.39, 0.29) is 40.1 Å². The summed E-state index contributed by atoms with van der Waals surface area (Å²) in [5, 5.41) is -0.310. The predicted octanol–water partition coefficient (Wildman–Crippen LogP) is 5.20. The quantitative estimate of drug-likeness (QED) is 0.333. The van der Waals surface area contributed by atoms with E-state index >= 15 is 4.39 Å². The van der Waals surface area contributed by atoms with Crippen LogP contribution in [-0.4, -0.2) is 32.2 Å². The third kappa shape index (κ3) is 3.78. The second-order valence-electron chi connectivity index (χ2n) is 8.38. The van der Waals surface area contributed by atoms with Gasteiger partial charge < -0.3 is 9.47 Å². The van der Waals surface area contributed by atoms with Crippen molar-refractivity contribution in [1.82, 2.24) is 19.5 Å². The van der Waals surface area contributed by atoms with Crippen LogP contribution >= 0.6 is 11.6 Å². The zero-order valence-electron chi connectivity index (χ0n) is 18.8. The molecule has 0 saturated heterocycles. The van der Waals surface area contributed by atoms with Crippen molar-refractivity contribution in [1.29, 1.82) is 0 Å². The Balaban J connectivity index is 2.01. The number of nitrogens with zero attached hydrogens (tertiary/aromatic N) is 4. The molecule has 0 amide bonds. The lowest BCUT2D eigenvalue weighted by molar-refractivity contribution is 0.139. The second kappa shape index (κ2) is 8.53. The average Bonchev–Trinajstić information content (AvgIpc) is 2.80. The van der Waals surface area contributed by atoms with Crippen molar-refractivity contribution in [3.63, 3.8) is 0 Å². The predicted molar refractivity (Wildman–Crippen MR) is 123 cm³/mol. The van der Waals surface area contributed by atoms with Gasteiger partial charge in [-0.15, -0.1) is 0 Å². The van der Waals surface area contributed by atoms with Crippen molar-refractivity contribution >= 4 is 22.6 Å². The van der Waals surface area contributed by atoms with Gasteiger partial charge in [-0.25, -0.2) is 27.5 Å². The number of rotatable bonds is 1. The lowest BCUT2D eigenvalue weighted by Crippen LogP contribution is -2.28. The van der Waals surface area contributed by atoms with Crippen LogP contribution in [0, 0.1) is 17.5 Å². The maximum Gasteiger partial charge on any atom is 0.355 e. The molecule has 2 bridgehead atoms. The molecule has 4 heterocycles. The minimum atomic E-state index is -1.00. The first-order valence-corrected chi connectivity index (χ1v) is 11.1. The minimum absolute atomic E-state index is 0.0126. The molecule has 7 nitrogen and oxygen atoms in total. The topological polar surface area (TPSA) is 79.1 Å². The Morgan fingerprint density at radius 1 is 1.11 bits per heavy atom. The first kappa shape index (κ1) is 23.1. The minimum Gasteiger partial charge on any atom is -0.486 e. The molecule has 180 valence electrons. The van der Waals surface area contributed by atoms with E-state index in [0.717, 1.165) is 22.8 Å². The molecule has 4 aromatic rings. The summed E-state index contributed by atoms with van der Waals surface area (Å²) in [6.45, 7) is 5.18. The summed E-state index contributed by atoms with van der Waals surface area (Å²) in [6, 6.07) is 4.24. The Kier molecular flexibility index (Phi) is 5.63. The summed E-state index contributed by atoms with van der Waals surface area (Å²) in [6.07, 6.45) is 0.835. The smallest absolute Gasteiger partial charge is 0.355 e. The van der Waals surface area contributed by atoms with Gasteiger partial charge in [0.05, 0.1) is 16.6 Å². The highest BCUT2D eigenvalue weighted by atomic mass is 35.5. The fourth-order valence-electron chi connectivity index (χ4n) is 4.00. The third-order valence-electron chi connectivity index (χ3n) is 5.55. The van der Waals surface area contributed by atoms with Crippen LogP contribution in [0.2, 0.25) is 5.15 Å². The highest BCUT2D eigenvalue weighted by molar-refractivity contribution is 6.33. The van der Waals surface area contributed by atoms with E-state index < -0.39 is 46.3 Å². The normalized spacial score (nSPS) is 15.1. The molecule has 0 spiro atoms. The van der Waals surface area contributed by atoms with Crippen LogP contribution in [0.4, 0.5) is 13.2 Å². The van der Waals surface area contributed by atoms with Gasteiger partial charge in [-0.1, -0.05) is 25.4 Å². The molecular formula is C24H18ClF3N4O3. The van der Waals surface area contributed by atoms with Crippen LogP contribution in [0.15, 0.2) is 35.3 Å². The Morgan fingerprint density at radius 3 is 2.60 bits per heavy atom. The van der Waals surface area contributed by atoms with Crippen LogP contribution in [-0.2, 0) is 0 Å². The molecule has 1 aromatic carbocycles. The molecule has 0 radical (unpaired) electrons. The van der Waals surface area contributed by atoms with E-state index in [9.17, 15) is 13.6 Å². The number of hydrogen-bond donors (Lipinski definition) is 0. The van der Waals surface area contributed by atoms with Gasteiger partial charge in [-0.2, -0.15) is 4.98 Å². The molecule has 11 heteroatoms. The third-order valence-corrected chi connectivity index (χ3v) is 5.84. The standard InChI is InChI=1S/C24H18ClF3N4O3/c1-10(2)18-20-16(6-7-29-18)35-11(3)9-34-21-14(27)5-4-13(26)17(21)19-15(28)8-12-22(25)31-24(33)32(20)23(12)30-19/h4-8,10-11H,9H2,1-3H3/t11-/m0/s1. The highest BCUT2D eigenvalue weighted by Gasteiger charge is 2.28. The summed E-state index contributed by atoms with van der Waals surface area (Å²) in [4.78, 5) is 25.7. The Hall–Kier alpha value is -3.66. The van der Waals surface area contributed by atoms with Crippen LogP contribution < -0.4 is 15.2 Å². The molecule has 5 rings (SSSR count). The lowest BCUT2D eigenvalue weighted by atomic mass is 10.1. The first-order chi connectivity index (χ1) is 16.7. The van der Waals surface area contributed by atoms with E-state index in [1.165, 1.54) is 6.20 Å². The van der Waals surface area contributed by atoms with Gasteiger partial charge in [0.15, 0.2) is 23.0 Å². The van der Waals surface area contributed by atoms with Crippen molar-refractivity contribution in [3.05, 3.63) is 69.2 Å². The van der Waals surface area contributed by atoms with Crippen molar-refractivity contribution in [3.8, 4) is 28.4 Å². The van der Waals surface area contributed by atoms with Crippen LogP contribution in [0.3, 0.4) is 0 Å². The number of halogens is 4. The molecule has 1 atom stereocenters. The van der Waals surface area contributed by atoms with E-state index in [4.69, 9.17) is 21.1 Å². The van der Waals surface area contributed by atoms with Crippen LogP contribution in [0.25, 0.3) is 28.0 Å². The van der Waals surface area contributed by atoms with Gasteiger partial charge in [0, 0.05) is 12.3 Å². The van der Waals surface area contributed by atoms with Crippen molar-refractivity contribution in [2.75, 3.05) is 6.61 Å². The number of hydrogen-bond acceptors (Lipinski definition) is 6. The second-order valence-corrected chi connectivity index (χ2v) is 8.74. The molecule has 0 unspecified atom stereocenters. The SMILES string of the molecule is CC(C)c1nccc2c1-n1c(=O)nc(Cl)c3cc(F)c(nc31)-c1c(F)ccc(F)c1OC[C@H](C)O2. The Labute approximate surface area is 202 Å². The average molecular weight is 503 g/mol. The van der Waals surface area contributed by atoms with Crippen molar-refractivity contribution in [2.24, 2.45) is 0 Å². The molecule has 35 heavy (non-hydrogen) atoms. The summed E-state index contributed by atoms with van der Waals surface area (Å²) in [5.41, 5.74) is -1.32. The van der Waals surface area contributed by atoms with Gasteiger partial charge in [0.1, 0.15) is 40.8 Å². The first-order valence-electron chi connectivity index (χ1n) is 10.7. The lowest BCUT2D eigenvalue weighted by Gasteiger charge is -2.24. The van der Waals surface area contributed by atoms with Gasteiger partial charge in [0.25, 0.3) is 0 Å². The fourth-order valence-corrected chi connectivity index (χ4v) is 4.21. The molecular weight excluding hydrogens is 485 g/mol. The zero-order chi connectivity index (χ0) is 25.0. The monoisotopic (exact) mass is 502 g/mol. The van der Waals surface area contributed by atoms with Gasteiger partial charge in [0.2, 0.25) is 0 Å². The van der Waals surface area contributed by atoms with E-state index in [1.54, 1.807) is 13.0 Å². The number of benzene rings is 1. The summed E-state index contributed by atoms with van der Waals surface area (Å²) >= 11 is 6.18. The molecule has 1 aliphatic heterocycles. The van der Waals surface area contributed by atoms with Gasteiger partial charge in [-0.05, 0) is 31.0 Å². The maximum atomic E-state index is 15.3. The number of aromatic nitrogens is 4. The summed E-state index contributed by atoms with van der Waals surface area (Å²) in [7, 11) is 0. The zero-order valence-corrected chi connectivity index (χ0v) is 19.5. The maximum absolute atomic E-state index is 15.3. The van der Waals surface area contributed by atoms with Crippen molar-refractivity contribution in [2.45, 2.75) is 32.8 Å². The van der Waals surface area contributed by atoms with E-state index in [0.29, 0.717) is 5.69 Å². The van der Waals surface area contributed by atoms with E-state index in [2.05, 4.69) is 15.0 Å². The van der Waals surface area contributed by atoms with Gasteiger partial charge in [-0.3, -0.25) is 4.98 Å². The van der Waals surface area contributed by atoms with Crippen molar-refractivity contribution < 1.29 is 22.6 Å². The highest BCUT2D eigenvalue weighted by Crippen LogP contribution is 2.39. The van der Waals surface area contributed by atoms with E-state index in [1.807, 2.05) is 13.8 Å². The number of pyridine rings is 2. The largest absolute Gasteiger partial charge is 0.486 e. The van der Waals surface area contributed by atoms with Gasteiger partial charge >= 0.3 is 5.69 Å². The molecule has 0 N–H and O–H groups in total. The Bertz CT molecular complexity index is 1560. The van der Waals surface area contributed by atoms with Crippen LogP contribution in [0.5, 0.6) is 11.5 Å². The molecule has 1 aliphatic rings. The molecule has 0 fully saturated rings. The van der Waals surface area contributed by atoms with Crippen LogP contribution in [0.1, 0.15) is 32.4 Å². The molecule has 3 aromatic heterocycles. The number of ether oxygens (including phenoxy) is 2. The molecule has 0 aliphatic carbocycles. The number of fused-ring (bicyclic) bond motifs is 5. The summed E-state index contributed by atoms with van der Waals surface area (Å²) < 4.78 is 57.8. The molecule has 0 saturated carbocycles.